The molecule has 0 radical (unpaired) electrons. The predicted molar refractivity (Wildman–Crippen MR) is 156 cm³/mol. The maximum absolute atomic E-state index is 2.49. The number of benzene rings is 2. The normalized spacial score (nSPS) is 13.4. The molecule has 0 unspecified atom stereocenters. The predicted octanol–water partition coefficient (Wildman–Crippen LogP) is 8.98. The van der Waals surface area contributed by atoms with Crippen LogP contribution in [0.4, 0.5) is 0 Å². The fourth-order valence-electron chi connectivity index (χ4n) is 5.22. The zero-order chi connectivity index (χ0) is 24.2. The van der Waals surface area contributed by atoms with Crippen molar-refractivity contribution in [1.82, 2.24) is 0 Å². The van der Waals surface area contributed by atoms with E-state index in [-0.39, 0.29) is 0 Å². The van der Waals surface area contributed by atoms with Gasteiger partial charge in [0, 0.05) is 5.66 Å². The van der Waals surface area contributed by atoms with E-state index in [4.69, 9.17) is 0 Å². The summed E-state index contributed by atoms with van der Waals surface area (Å²) in [5.74, 6) is 0. The standard InChI is InChI=1S/C33H47P/c1-5-9-17-27-19-15-25-32(30(27)23-11-7-3)34(29-21-13-14-22-29)33-26-16-20-28(18-10-6-2)31(33)24-12-8-4/h13-16,19-22,25-26,29H,5-12,17-18,23-24H2,1-4H3. The second kappa shape index (κ2) is 14.7. The molecule has 184 valence electrons. The average molecular weight is 475 g/mol. The van der Waals surface area contributed by atoms with Gasteiger partial charge >= 0.3 is 0 Å². The van der Waals surface area contributed by atoms with Crippen molar-refractivity contribution in [2.75, 3.05) is 0 Å². The molecule has 2 aromatic carbocycles. The highest BCUT2D eigenvalue weighted by Crippen LogP contribution is 2.45. The van der Waals surface area contributed by atoms with Crippen LogP contribution in [0.1, 0.15) is 101 Å². The van der Waals surface area contributed by atoms with Gasteiger partial charge < -0.3 is 0 Å². The van der Waals surface area contributed by atoms with E-state index in [9.17, 15) is 0 Å². The monoisotopic (exact) mass is 474 g/mol. The molecule has 0 nitrogen and oxygen atoms in total. The van der Waals surface area contributed by atoms with Crippen molar-refractivity contribution >= 4 is 18.5 Å². The summed E-state index contributed by atoms with van der Waals surface area (Å²) in [7, 11) is -0.463. The summed E-state index contributed by atoms with van der Waals surface area (Å²) in [5, 5.41) is 3.31. The molecular formula is C33H47P. The van der Waals surface area contributed by atoms with Crippen LogP contribution in [0.3, 0.4) is 0 Å². The van der Waals surface area contributed by atoms with E-state index in [1.165, 1.54) is 77.0 Å². The van der Waals surface area contributed by atoms with E-state index >= 15 is 0 Å². The van der Waals surface area contributed by atoms with Gasteiger partial charge in [0.25, 0.3) is 0 Å². The zero-order valence-electron chi connectivity index (χ0n) is 22.3. The molecule has 0 atom stereocenters. The first-order chi connectivity index (χ1) is 16.7. The minimum atomic E-state index is -0.463. The van der Waals surface area contributed by atoms with Crippen LogP contribution in [-0.2, 0) is 25.7 Å². The molecular weight excluding hydrogens is 427 g/mol. The van der Waals surface area contributed by atoms with Gasteiger partial charge in [-0.25, -0.2) is 0 Å². The van der Waals surface area contributed by atoms with Crippen molar-refractivity contribution in [2.24, 2.45) is 0 Å². The lowest BCUT2D eigenvalue weighted by atomic mass is 9.97. The summed E-state index contributed by atoms with van der Waals surface area (Å²) in [6.45, 7) is 9.30. The Bertz CT molecular complexity index is 860. The molecule has 0 bridgehead atoms. The number of aryl methyl sites for hydroxylation is 2. The van der Waals surface area contributed by atoms with Crippen LogP contribution in [0, 0.1) is 0 Å². The summed E-state index contributed by atoms with van der Waals surface area (Å²) in [6.07, 6.45) is 24.6. The van der Waals surface area contributed by atoms with Crippen molar-refractivity contribution < 1.29 is 0 Å². The molecule has 0 fully saturated rings. The Labute approximate surface area is 211 Å². The molecule has 0 N–H and O–H groups in total. The second-order valence-corrected chi connectivity index (χ2v) is 12.2. The first-order valence-electron chi connectivity index (χ1n) is 14.1. The summed E-state index contributed by atoms with van der Waals surface area (Å²) in [5.41, 5.74) is 7.10. The van der Waals surface area contributed by atoms with E-state index in [1.807, 2.05) is 0 Å². The van der Waals surface area contributed by atoms with Crippen molar-refractivity contribution in [3.8, 4) is 0 Å². The molecule has 0 saturated carbocycles. The topological polar surface area (TPSA) is 0 Å². The van der Waals surface area contributed by atoms with E-state index in [1.54, 1.807) is 32.9 Å². The molecule has 0 heterocycles. The molecule has 0 amide bonds. The van der Waals surface area contributed by atoms with Gasteiger partial charge in [-0.2, -0.15) is 0 Å². The third-order valence-corrected chi connectivity index (χ3v) is 10.0. The molecule has 1 aliphatic rings. The fourth-order valence-corrected chi connectivity index (χ4v) is 8.25. The van der Waals surface area contributed by atoms with Crippen LogP contribution >= 0.6 is 7.92 Å². The van der Waals surface area contributed by atoms with Gasteiger partial charge in [0.2, 0.25) is 0 Å². The summed E-state index contributed by atoms with van der Waals surface area (Å²) in [6, 6.07) is 14.6. The SMILES string of the molecule is CCCCc1cccc(P(c2cccc(CCCC)c2CCCC)C2C=CC=C2)c1CCCC. The largest absolute Gasteiger partial charge is 0.0727 e. The number of hydrogen-bond donors (Lipinski definition) is 0. The van der Waals surface area contributed by atoms with E-state index in [0.29, 0.717) is 5.66 Å². The Kier molecular flexibility index (Phi) is 11.6. The average Bonchev–Trinajstić information content (AvgIpc) is 3.39. The maximum atomic E-state index is 2.49. The first-order valence-corrected chi connectivity index (χ1v) is 15.5. The van der Waals surface area contributed by atoms with E-state index in [0.717, 1.165) is 0 Å². The molecule has 0 saturated heterocycles. The van der Waals surface area contributed by atoms with Gasteiger partial charge in [0.1, 0.15) is 0 Å². The highest BCUT2D eigenvalue weighted by Gasteiger charge is 2.28. The quantitative estimate of drug-likeness (QED) is 0.226. The third kappa shape index (κ3) is 6.95. The van der Waals surface area contributed by atoms with Crippen molar-refractivity contribution in [3.05, 3.63) is 83.0 Å². The molecule has 2 aromatic rings. The van der Waals surface area contributed by atoms with Crippen LogP contribution in [0.2, 0.25) is 0 Å². The Hall–Kier alpha value is -1.65. The van der Waals surface area contributed by atoms with Gasteiger partial charge in [-0.3, -0.25) is 0 Å². The van der Waals surface area contributed by atoms with Gasteiger partial charge in [-0.15, -0.1) is 0 Å². The number of hydrogen-bond acceptors (Lipinski definition) is 0. The third-order valence-electron chi connectivity index (χ3n) is 7.20. The van der Waals surface area contributed by atoms with Gasteiger partial charge in [0.15, 0.2) is 0 Å². The maximum Gasteiger partial charge on any atom is 0.0237 e. The Morgan fingerprint density at radius 1 is 0.559 bits per heavy atom. The fraction of sp³-hybridized carbons (Fsp3) is 0.515. The summed E-state index contributed by atoms with van der Waals surface area (Å²) in [4.78, 5) is 0. The van der Waals surface area contributed by atoms with Gasteiger partial charge in [0.05, 0.1) is 0 Å². The summed E-state index contributed by atoms with van der Waals surface area (Å²) >= 11 is 0. The van der Waals surface area contributed by atoms with Crippen LogP contribution < -0.4 is 10.6 Å². The smallest absolute Gasteiger partial charge is 0.0237 e. The zero-order valence-corrected chi connectivity index (χ0v) is 23.2. The van der Waals surface area contributed by atoms with Crippen molar-refractivity contribution in [3.63, 3.8) is 0 Å². The van der Waals surface area contributed by atoms with E-state index < -0.39 is 7.92 Å². The van der Waals surface area contributed by atoms with Crippen LogP contribution in [0.5, 0.6) is 0 Å². The number of unbranched alkanes of at least 4 members (excludes halogenated alkanes) is 4. The molecule has 1 heteroatoms. The lowest BCUT2D eigenvalue weighted by Crippen LogP contribution is -2.26. The highest BCUT2D eigenvalue weighted by atomic mass is 31.1. The van der Waals surface area contributed by atoms with E-state index in [2.05, 4.69) is 88.4 Å². The molecule has 3 rings (SSSR count). The minimum absolute atomic E-state index is 0.463. The lowest BCUT2D eigenvalue weighted by molar-refractivity contribution is 0.760. The molecule has 0 aromatic heterocycles. The van der Waals surface area contributed by atoms with Gasteiger partial charge in [-0.05, 0) is 92.2 Å². The number of rotatable bonds is 15. The van der Waals surface area contributed by atoms with Crippen LogP contribution in [0.25, 0.3) is 0 Å². The minimum Gasteiger partial charge on any atom is -0.0727 e. The first kappa shape index (κ1) is 26.9. The van der Waals surface area contributed by atoms with Crippen LogP contribution in [-0.4, -0.2) is 5.66 Å². The molecule has 0 aliphatic heterocycles. The molecule has 1 aliphatic carbocycles. The molecule has 34 heavy (non-hydrogen) atoms. The van der Waals surface area contributed by atoms with Gasteiger partial charge in [-0.1, -0.05) is 114 Å². The van der Waals surface area contributed by atoms with Crippen molar-refractivity contribution in [1.29, 1.82) is 0 Å². The Morgan fingerprint density at radius 2 is 0.971 bits per heavy atom. The lowest BCUT2D eigenvalue weighted by Gasteiger charge is -2.30. The van der Waals surface area contributed by atoms with Crippen molar-refractivity contribution in [2.45, 2.75) is 110 Å². The highest BCUT2D eigenvalue weighted by molar-refractivity contribution is 7.74. The summed E-state index contributed by atoms with van der Waals surface area (Å²) < 4.78 is 0. The Morgan fingerprint density at radius 3 is 1.38 bits per heavy atom. The molecule has 0 spiro atoms. The van der Waals surface area contributed by atoms with Crippen LogP contribution in [0.15, 0.2) is 60.7 Å². The number of allylic oxidation sites excluding steroid dienone is 4. The second-order valence-electron chi connectivity index (χ2n) is 9.87. The Balaban J connectivity index is 2.17.